The summed E-state index contributed by atoms with van der Waals surface area (Å²) in [6.07, 6.45) is 0. The molecule has 76 valence electrons. The van der Waals surface area contributed by atoms with Gasteiger partial charge in [-0.25, -0.2) is 4.79 Å². The van der Waals surface area contributed by atoms with Crippen LogP contribution >= 0.6 is 24.0 Å². The lowest BCUT2D eigenvalue weighted by atomic mass is 10.3. The molecule has 3 nitrogen and oxygen atoms in total. The fourth-order valence-corrected chi connectivity index (χ4v) is 1.73. The molecule has 0 saturated heterocycles. The summed E-state index contributed by atoms with van der Waals surface area (Å²) in [6, 6.07) is -0.355. The second kappa shape index (κ2) is 7.15. The molecular weight excluding hydrogens is 206 g/mol. The number of carbonyl (C=O) groups is 1. The Bertz CT molecular complexity index is 185. The van der Waals surface area contributed by atoms with Gasteiger partial charge in [-0.15, -0.1) is 0 Å². The molecule has 0 spiro atoms. The normalized spacial score (nSPS) is 11.9. The highest BCUT2D eigenvalue weighted by Gasteiger charge is 2.13. The van der Waals surface area contributed by atoms with Gasteiger partial charge >= 0.3 is 5.97 Å². The Kier molecular flexibility index (Phi) is 6.99. The van der Waals surface area contributed by atoms with Gasteiger partial charge in [-0.1, -0.05) is 30.9 Å². The number of carbonyl (C=O) groups excluding carboxylic acids is 1. The van der Waals surface area contributed by atoms with Crippen molar-refractivity contribution in [2.75, 3.05) is 12.4 Å². The monoisotopic (exact) mass is 221 g/mol. The molecule has 1 atom stereocenters. The van der Waals surface area contributed by atoms with E-state index in [1.165, 1.54) is 11.8 Å². The van der Waals surface area contributed by atoms with Gasteiger partial charge in [0.25, 0.3) is 0 Å². The fraction of sp³-hybridized carbons (Fsp3) is 0.750. The van der Waals surface area contributed by atoms with Crippen molar-refractivity contribution in [2.45, 2.75) is 26.8 Å². The molecule has 0 aromatic heterocycles. The molecule has 5 heteroatoms. The second-order valence-corrected chi connectivity index (χ2v) is 4.28. The Morgan fingerprint density at radius 1 is 1.62 bits per heavy atom. The van der Waals surface area contributed by atoms with Crippen molar-refractivity contribution in [3.05, 3.63) is 0 Å². The van der Waals surface area contributed by atoms with Gasteiger partial charge in [-0.3, -0.25) is 0 Å². The minimum absolute atomic E-state index is 0.262. The van der Waals surface area contributed by atoms with E-state index in [-0.39, 0.29) is 12.0 Å². The zero-order valence-corrected chi connectivity index (χ0v) is 9.76. The number of hydrogen-bond donors (Lipinski definition) is 1. The Balaban J connectivity index is 3.78. The number of esters is 1. The molecule has 1 N–H and O–H groups in total. The number of thiocarbonyl (C=S) groups is 1. The van der Waals surface area contributed by atoms with Crippen molar-refractivity contribution in [3.63, 3.8) is 0 Å². The maximum atomic E-state index is 11.1. The van der Waals surface area contributed by atoms with Crippen LogP contribution in [0.2, 0.25) is 0 Å². The molecule has 0 saturated carbocycles. The van der Waals surface area contributed by atoms with E-state index in [4.69, 9.17) is 17.0 Å². The third-order valence-corrected chi connectivity index (χ3v) is 2.39. The summed E-state index contributed by atoms with van der Waals surface area (Å²) in [4.78, 5) is 11.1. The topological polar surface area (TPSA) is 38.3 Å². The van der Waals surface area contributed by atoms with Gasteiger partial charge in [0, 0.05) is 0 Å². The Hall–Kier alpha value is -0.290. The van der Waals surface area contributed by atoms with Crippen LogP contribution in [0, 0.1) is 0 Å². The third-order valence-electron chi connectivity index (χ3n) is 1.25. The molecule has 13 heavy (non-hydrogen) atoms. The zero-order valence-electron chi connectivity index (χ0n) is 8.12. The maximum Gasteiger partial charge on any atom is 0.328 e. The molecule has 0 aromatic rings. The van der Waals surface area contributed by atoms with E-state index in [1.807, 2.05) is 6.92 Å². The highest BCUT2D eigenvalue weighted by molar-refractivity contribution is 8.22. The predicted octanol–water partition coefficient (Wildman–Crippen LogP) is 1.57. The van der Waals surface area contributed by atoms with Crippen LogP contribution in [-0.4, -0.2) is 28.7 Å². The van der Waals surface area contributed by atoms with Crippen LogP contribution < -0.4 is 5.32 Å². The lowest BCUT2D eigenvalue weighted by Crippen LogP contribution is -2.37. The Morgan fingerprint density at radius 3 is 2.69 bits per heavy atom. The number of rotatable bonds is 4. The number of thioether (sulfide) groups is 1. The van der Waals surface area contributed by atoms with Crippen molar-refractivity contribution >= 4 is 34.3 Å². The SMILES string of the molecule is CCOC(=O)[C@H](C)NC(=S)SCC. The largest absolute Gasteiger partial charge is 0.464 e. The molecular formula is C8H15NO2S2. The van der Waals surface area contributed by atoms with Crippen LogP contribution in [0.15, 0.2) is 0 Å². The summed E-state index contributed by atoms with van der Waals surface area (Å²) >= 11 is 6.48. The summed E-state index contributed by atoms with van der Waals surface area (Å²) in [5, 5.41) is 2.89. The zero-order chi connectivity index (χ0) is 10.3. The molecule has 0 amide bonds. The third kappa shape index (κ3) is 5.87. The van der Waals surface area contributed by atoms with Crippen molar-refractivity contribution in [1.82, 2.24) is 5.32 Å². The van der Waals surface area contributed by atoms with E-state index >= 15 is 0 Å². The number of nitrogens with one attached hydrogen (secondary N) is 1. The molecule has 0 radical (unpaired) electrons. The summed E-state index contributed by atoms with van der Waals surface area (Å²) in [5.41, 5.74) is 0. The van der Waals surface area contributed by atoms with Gasteiger partial charge in [0.15, 0.2) is 0 Å². The van der Waals surface area contributed by atoms with E-state index in [0.717, 1.165) is 5.75 Å². The number of ether oxygens (including phenoxy) is 1. The first-order valence-corrected chi connectivity index (χ1v) is 5.61. The quantitative estimate of drug-likeness (QED) is 0.576. The van der Waals surface area contributed by atoms with Crippen LogP contribution in [0.1, 0.15) is 20.8 Å². The summed E-state index contributed by atoms with van der Waals surface area (Å²) < 4.78 is 5.45. The van der Waals surface area contributed by atoms with Gasteiger partial charge in [-0.05, 0) is 19.6 Å². The molecule has 0 rings (SSSR count). The lowest BCUT2D eigenvalue weighted by molar-refractivity contribution is -0.144. The average molecular weight is 221 g/mol. The van der Waals surface area contributed by atoms with Gasteiger partial charge in [0.1, 0.15) is 10.4 Å². The van der Waals surface area contributed by atoms with Crippen LogP contribution in [0.25, 0.3) is 0 Å². The first kappa shape index (κ1) is 12.7. The summed E-state index contributed by atoms with van der Waals surface area (Å²) in [6.45, 7) is 5.93. The van der Waals surface area contributed by atoms with E-state index in [0.29, 0.717) is 10.9 Å². The fourth-order valence-electron chi connectivity index (χ4n) is 0.676. The minimum Gasteiger partial charge on any atom is -0.464 e. The van der Waals surface area contributed by atoms with Crippen LogP contribution in [0.5, 0.6) is 0 Å². The van der Waals surface area contributed by atoms with E-state index in [9.17, 15) is 4.79 Å². The summed E-state index contributed by atoms with van der Waals surface area (Å²) in [5.74, 6) is 0.642. The first-order valence-electron chi connectivity index (χ1n) is 4.21. The standard InChI is InChI=1S/C8H15NO2S2/c1-4-11-7(10)6(3)9-8(12)13-5-2/h6H,4-5H2,1-3H3,(H,9,12)/t6-/m0/s1. The van der Waals surface area contributed by atoms with Crippen molar-refractivity contribution in [1.29, 1.82) is 0 Å². The van der Waals surface area contributed by atoms with Crippen molar-refractivity contribution in [2.24, 2.45) is 0 Å². The highest BCUT2D eigenvalue weighted by Crippen LogP contribution is 2.01. The molecule has 0 fully saturated rings. The second-order valence-electron chi connectivity index (χ2n) is 2.34. The number of hydrogen-bond acceptors (Lipinski definition) is 4. The minimum atomic E-state index is -0.355. The molecule has 0 unspecified atom stereocenters. The molecule has 0 aliphatic carbocycles. The predicted molar refractivity (Wildman–Crippen MR) is 60.0 cm³/mol. The summed E-state index contributed by atoms with van der Waals surface area (Å²) in [7, 11) is 0. The van der Waals surface area contributed by atoms with Gasteiger partial charge in [-0.2, -0.15) is 0 Å². The molecule has 0 heterocycles. The van der Waals surface area contributed by atoms with Crippen LogP contribution in [0.4, 0.5) is 0 Å². The molecule has 0 aliphatic heterocycles. The highest BCUT2D eigenvalue weighted by atomic mass is 32.2. The van der Waals surface area contributed by atoms with Gasteiger partial charge in [0.2, 0.25) is 0 Å². The van der Waals surface area contributed by atoms with E-state index < -0.39 is 0 Å². The molecule has 0 bridgehead atoms. The van der Waals surface area contributed by atoms with Gasteiger partial charge in [0.05, 0.1) is 6.61 Å². The Labute approximate surface area is 88.6 Å². The van der Waals surface area contributed by atoms with E-state index in [1.54, 1.807) is 13.8 Å². The van der Waals surface area contributed by atoms with Crippen LogP contribution in [0.3, 0.4) is 0 Å². The van der Waals surface area contributed by atoms with Crippen molar-refractivity contribution in [3.8, 4) is 0 Å². The molecule has 0 aliphatic rings. The Morgan fingerprint density at radius 2 is 2.23 bits per heavy atom. The maximum absolute atomic E-state index is 11.1. The first-order chi connectivity index (χ1) is 6.11. The van der Waals surface area contributed by atoms with E-state index in [2.05, 4.69) is 5.32 Å². The van der Waals surface area contributed by atoms with Crippen LogP contribution in [-0.2, 0) is 9.53 Å². The smallest absolute Gasteiger partial charge is 0.328 e. The van der Waals surface area contributed by atoms with Crippen molar-refractivity contribution < 1.29 is 9.53 Å². The average Bonchev–Trinajstić information content (AvgIpc) is 2.05. The van der Waals surface area contributed by atoms with Gasteiger partial charge < -0.3 is 10.1 Å². The lowest BCUT2D eigenvalue weighted by Gasteiger charge is -2.13. The molecule has 0 aromatic carbocycles.